The summed E-state index contributed by atoms with van der Waals surface area (Å²) in [7, 11) is 1.60. The van der Waals surface area contributed by atoms with Crippen molar-refractivity contribution in [2.75, 3.05) is 5.73 Å². The summed E-state index contributed by atoms with van der Waals surface area (Å²) in [5, 5.41) is 24.1. The Morgan fingerprint density at radius 3 is 2.62 bits per heavy atom. The van der Waals surface area contributed by atoms with E-state index in [-0.39, 0.29) is 22.8 Å². The van der Waals surface area contributed by atoms with Crippen LogP contribution in [0.25, 0.3) is 16.7 Å². The number of amides is 1. The fourth-order valence-electron chi connectivity index (χ4n) is 3.02. The van der Waals surface area contributed by atoms with E-state index in [2.05, 4.69) is 5.10 Å². The highest BCUT2D eigenvalue weighted by atomic mass is 16.3. The number of rotatable bonds is 2. The van der Waals surface area contributed by atoms with Crippen LogP contribution >= 0.6 is 0 Å². The number of hydrogen-bond acceptors (Lipinski definition) is 5. The lowest BCUT2D eigenvalue weighted by Gasteiger charge is -2.15. The standard InChI is InChI=1S/C16H16N6O2/c1-7-4-5-10(23)8(2)13(7)22-14(18)12(15(19)24)11-9(6-17)21(3)20-16(11)22/h4-5,23H,18H2,1-3H3,(H2,19,24). The first-order valence-corrected chi connectivity index (χ1v) is 7.15. The van der Waals surface area contributed by atoms with Crippen LogP contribution in [-0.4, -0.2) is 25.4 Å². The van der Waals surface area contributed by atoms with Gasteiger partial charge >= 0.3 is 0 Å². The molecule has 0 spiro atoms. The Labute approximate surface area is 137 Å². The number of aromatic nitrogens is 3. The molecule has 8 nitrogen and oxygen atoms in total. The number of phenolic OH excluding ortho intramolecular Hbond substituents is 1. The number of fused-ring (bicyclic) bond motifs is 1. The molecular formula is C16H16N6O2. The van der Waals surface area contributed by atoms with E-state index in [4.69, 9.17) is 11.5 Å². The Morgan fingerprint density at radius 2 is 2.04 bits per heavy atom. The monoisotopic (exact) mass is 324 g/mol. The minimum absolute atomic E-state index is 0.0526. The van der Waals surface area contributed by atoms with Gasteiger partial charge in [-0.05, 0) is 25.5 Å². The van der Waals surface area contributed by atoms with Crippen molar-refractivity contribution in [2.45, 2.75) is 13.8 Å². The lowest BCUT2D eigenvalue weighted by molar-refractivity contribution is 0.100. The first-order chi connectivity index (χ1) is 11.3. The fraction of sp³-hybridized carbons (Fsp3) is 0.188. The first kappa shape index (κ1) is 15.4. The number of phenols is 1. The maximum absolute atomic E-state index is 11.9. The van der Waals surface area contributed by atoms with Gasteiger partial charge in [0.1, 0.15) is 23.3 Å². The van der Waals surface area contributed by atoms with Crippen LogP contribution < -0.4 is 11.5 Å². The summed E-state index contributed by atoms with van der Waals surface area (Å²) in [4.78, 5) is 11.9. The molecule has 24 heavy (non-hydrogen) atoms. The van der Waals surface area contributed by atoms with Crippen molar-refractivity contribution in [3.05, 3.63) is 34.5 Å². The van der Waals surface area contributed by atoms with E-state index in [0.29, 0.717) is 22.3 Å². The Hall–Kier alpha value is -3.47. The number of nitrogens with zero attached hydrogens (tertiary/aromatic N) is 4. The Kier molecular flexibility index (Phi) is 3.23. The second-order valence-electron chi connectivity index (χ2n) is 5.62. The SMILES string of the molecule is Cc1ccc(O)c(C)c1-n1c(N)c(C(N)=O)c2c(C#N)n(C)nc21. The molecule has 0 saturated carbocycles. The molecule has 0 aliphatic carbocycles. The van der Waals surface area contributed by atoms with Crippen molar-refractivity contribution in [3.63, 3.8) is 0 Å². The van der Waals surface area contributed by atoms with Gasteiger partial charge in [0.25, 0.3) is 5.91 Å². The molecule has 0 unspecified atom stereocenters. The van der Waals surface area contributed by atoms with Crippen molar-refractivity contribution < 1.29 is 9.90 Å². The molecule has 0 bridgehead atoms. The van der Waals surface area contributed by atoms with Crippen LogP contribution in [0.2, 0.25) is 0 Å². The van der Waals surface area contributed by atoms with E-state index in [9.17, 15) is 15.2 Å². The normalized spacial score (nSPS) is 10.9. The number of nitriles is 1. The van der Waals surface area contributed by atoms with Crippen molar-refractivity contribution in [1.82, 2.24) is 14.3 Å². The molecule has 1 amide bonds. The zero-order chi connectivity index (χ0) is 17.8. The number of aryl methyl sites for hydroxylation is 2. The van der Waals surface area contributed by atoms with Crippen molar-refractivity contribution in [3.8, 4) is 17.5 Å². The van der Waals surface area contributed by atoms with Gasteiger partial charge in [-0.15, -0.1) is 0 Å². The number of carbonyl (C=O) groups excluding carboxylic acids is 1. The van der Waals surface area contributed by atoms with Crippen LogP contribution in [0, 0.1) is 25.2 Å². The minimum atomic E-state index is -0.740. The lowest BCUT2D eigenvalue weighted by atomic mass is 10.1. The van der Waals surface area contributed by atoms with E-state index < -0.39 is 5.91 Å². The first-order valence-electron chi connectivity index (χ1n) is 7.15. The molecule has 3 aromatic rings. The van der Waals surface area contributed by atoms with Crippen LogP contribution in [0.5, 0.6) is 5.75 Å². The van der Waals surface area contributed by atoms with Gasteiger partial charge in [-0.2, -0.15) is 10.4 Å². The smallest absolute Gasteiger partial charge is 0.253 e. The highest BCUT2D eigenvalue weighted by Crippen LogP contribution is 2.36. The molecule has 3 rings (SSSR count). The molecule has 0 saturated heterocycles. The van der Waals surface area contributed by atoms with E-state index in [1.165, 1.54) is 4.68 Å². The maximum Gasteiger partial charge on any atom is 0.253 e. The highest BCUT2D eigenvalue weighted by Gasteiger charge is 2.28. The highest BCUT2D eigenvalue weighted by molar-refractivity contribution is 6.12. The molecular weight excluding hydrogens is 308 g/mol. The number of aromatic hydroxyl groups is 1. The number of carbonyl (C=O) groups is 1. The molecule has 0 aliphatic heterocycles. The number of anilines is 1. The predicted molar refractivity (Wildman–Crippen MR) is 88.8 cm³/mol. The molecule has 5 N–H and O–H groups in total. The number of primary amides is 1. The number of benzene rings is 1. The maximum atomic E-state index is 11.9. The third-order valence-corrected chi connectivity index (χ3v) is 4.17. The largest absolute Gasteiger partial charge is 0.508 e. The van der Waals surface area contributed by atoms with Gasteiger partial charge in [0.2, 0.25) is 0 Å². The predicted octanol–water partition coefficient (Wildman–Crippen LogP) is 1.24. The fourth-order valence-corrected chi connectivity index (χ4v) is 3.02. The van der Waals surface area contributed by atoms with Crippen molar-refractivity contribution in [2.24, 2.45) is 12.8 Å². The van der Waals surface area contributed by atoms with Gasteiger partial charge in [-0.3, -0.25) is 14.0 Å². The van der Waals surface area contributed by atoms with Gasteiger partial charge in [0.05, 0.1) is 16.6 Å². The average molecular weight is 324 g/mol. The Morgan fingerprint density at radius 1 is 1.38 bits per heavy atom. The number of nitrogen functional groups attached to an aromatic ring is 1. The minimum Gasteiger partial charge on any atom is -0.508 e. The Balaban J connectivity index is 2.57. The van der Waals surface area contributed by atoms with Crippen LogP contribution in [0.1, 0.15) is 27.2 Å². The topological polar surface area (TPSA) is 136 Å². The summed E-state index contributed by atoms with van der Waals surface area (Å²) < 4.78 is 2.93. The third kappa shape index (κ3) is 1.85. The molecule has 2 heterocycles. The molecule has 0 aliphatic rings. The molecule has 122 valence electrons. The van der Waals surface area contributed by atoms with Gasteiger partial charge in [0.15, 0.2) is 5.65 Å². The summed E-state index contributed by atoms with van der Waals surface area (Å²) in [5.41, 5.74) is 14.3. The van der Waals surface area contributed by atoms with Gasteiger partial charge < -0.3 is 16.6 Å². The van der Waals surface area contributed by atoms with Crippen molar-refractivity contribution >= 4 is 22.8 Å². The summed E-state index contributed by atoms with van der Waals surface area (Å²) in [6.07, 6.45) is 0. The van der Waals surface area contributed by atoms with Crippen LogP contribution in [-0.2, 0) is 7.05 Å². The second-order valence-corrected chi connectivity index (χ2v) is 5.62. The summed E-state index contributed by atoms with van der Waals surface area (Å²) >= 11 is 0. The summed E-state index contributed by atoms with van der Waals surface area (Å²) in [6.45, 7) is 3.59. The third-order valence-electron chi connectivity index (χ3n) is 4.17. The molecule has 1 aromatic carbocycles. The second kappa shape index (κ2) is 5.03. The van der Waals surface area contributed by atoms with E-state index in [0.717, 1.165) is 5.56 Å². The zero-order valence-corrected chi connectivity index (χ0v) is 13.5. The molecule has 0 atom stereocenters. The van der Waals surface area contributed by atoms with E-state index >= 15 is 0 Å². The molecule has 8 heteroatoms. The number of hydrogen-bond donors (Lipinski definition) is 3. The van der Waals surface area contributed by atoms with Crippen LogP contribution in [0.4, 0.5) is 5.82 Å². The van der Waals surface area contributed by atoms with Gasteiger partial charge in [0, 0.05) is 12.6 Å². The van der Waals surface area contributed by atoms with Crippen molar-refractivity contribution in [1.29, 1.82) is 5.26 Å². The zero-order valence-electron chi connectivity index (χ0n) is 13.5. The number of nitrogens with two attached hydrogens (primary N) is 2. The average Bonchev–Trinajstić information content (AvgIpc) is 2.96. The molecule has 0 fully saturated rings. The van der Waals surface area contributed by atoms with Gasteiger partial charge in [-0.1, -0.05) is 6.07 Å². The molecule has 2 aromatic heterocycles. The van der Waals surface area contributed by atoms with E-state index in [1.807, 2.05) is 13.0 Å². The van der Waals surface area contributed by atoms with Crippen LogP contribution in [0.15, 0.2) is 12.1 Å². The van der Waals surface area contributed by atoms with Crippen LogP contribution in [0.3, 0.4) is 0 Å². The Bertz CT molecular complexity index is 1050. The lowest BCUT2D eigenvalue weighted by Crippen LogP contribution is -2.15. The van der Waals surface area contributed by atoms with Gasteiger partial charge in [-0.25, -0.2) is 0 Å². The molecule has 0 radical (unpaired) electrons. The summed E-state index contributed by atoms with van der Waals surface area (Å²) in [5.74, 6) is -0.556. The summed E-state index contributed by atoms with van der Waals surface area (Å²) in [6, 6.07) is 5.34. The van der Waals surface area contributed by atoms with E-state index in [1.54, 1.807) is 30.7 Å². The quantitative estimate of drug-likeness (QED) is 0.651.